The third-order valence-electron chi connectivity index (χ3n) is 4.42. The average molecular weight is 274 g/mol. The van der Waals surface area contributed by atoms with Crippen LogP contribution in [0, 0.1) is 5.92 Å². The SMILES string of the molecule is CCC1CCCC(NS(=O)(=O)C2CCNCC2)C1. The molecule has 106 valence electrons. The maximum Gasteiger partial charge on any atom is 0.214 e. The summed E-state index contributed by atoms with van der Waals surface area (Å²) >= 11 is 0. The molecule has 0 aromatic rings. The first-order chi connectivity index (χ1) is 8.62. The van der Waals surface area contributed by atoms with Crippen LogP contribution in [0.25, 0.3) is 0 Å². The average Bonchev–Trinajstić information content (AvgIpc) is 2.39. The van der Waals surface area contributed by atoms with Crippen molar-refractivity contribution in [3.05, 3.63) is 0 Å². The summed E-state index contributed by atoms with van der Waals surface area (Å²) in [6.07, 6.45) is 7.14. The predicted molar refractivity (Wildman–Crippen MR) is 74.0 cm³/mol. The Morgan fingerprint density at radius 2 is 1.89 bits per heavy atom. The second kappa shape index (κ2) is 6.35. The van der Waals surface area contributed by atoms with E-state index in [9.17, 15) is 8.42 Å². The van der Waals surface area contributed by atoms with Gasteiger partial charge in [-0.15, -0.1) is 0 Å². The maximum atomic E-state index is 12.3. The molecule has 1 saturated heterocycles. The van der Waals surface area contributed by atoms with Gasteiger partial charge in [0.15, 0.2) is 0 Å². The number of hydrogen-bond donors (Lipinski definition) is 2. The Morgan fingerprint density at radius 3 is 2.56 bits per heavy atom. The Kier molecular flexibility index (Phi) is 5.04. The Hall–Kier alpha value is -0.130. The van der Waals surface area contributed by atoms with Crippen molar-refractivity contribution in [1.29, 1.82) is 0 Å². The molecular formula is C13H26N2O2S. The largest absolute Gasteiger partial charge is 0.317 e. The van der Waals surface area contributed by atoms with Gasteiger partial charge in [-0.3, -0.25) is 0 Å². The monoisotopic (exact) mass is 274 g/mol. The van der Waals surface area contributed by atoms with E-state index >= 15 is 0 Å². The van der Waals surface area contributed by atoms with Crippen LogP contribution in [0.4, 0.5) is 0 Å². The Bertz CT molecular complexity index is 350. The summed E-state index contributed by atoms with van der Waals surface area (Å²) in [5.41, 5.74) is 0. The summed E-state index contributed by atoms with van der Waals surface area (Å²) in [5, 5.41) is 3.03. The highest BCUT2D eigenvalue weighted by molar-refractivity contribution is 7.90. The van der Waals surface area contributed by atoms with Crippen LogP contribution in [0.15, 0.2) is 0 Å². The fraction of sp³-hybridized carbons (Fsp3) is 1.00. The zero-order valence-corrected chi connectivity index (χ0v) is 12.1. The van der Waals surface area contributed by atoms with E-state index in [1.54, 1.807) is 0 Å². The fourth-order valence-corrected chi connectivity index (χ4v) is 4.93. The van der Waals surface area contributed by atoms with Gasteiger partial charge >= 0.3 is 0 Å². The summed E-state index contributed by atoms with van der Waals surface area (Å²) in [5.74, 6) is 0.708. The van der Waals surface area contributed by atoms with Gasteiger partial charge in [-0.25, -0.2) is 13.1 Å². The first-order valence-electron chi connectivity index (χ1n) is 7.33. The molecule has 2 rings (SSSR count). The van der Waals surface area contributed by atoms with E-state index in [0.717, 1.165) is 45.2 Å². The van der Waals surface area contributed by atoms with E-state index in [1.165, 1.54) is 12.8 Å². The molecule has 1 heterocycles. The van der Waals surface area contributed by atoms with E-state index in [0.29, 0.717) is 5.92 Å². The molecule has 18 heavy (non-hydrogen) atoms. The molecule has 1 aliphatic heterocycles. The van der Waals surface area contributed by atoms with Crippen molar-refractivity contribution in [3.8, 4) is 0 Å². The van der Waals surface area contributed by atoms with E-state index in [2.05, 4.69) is 17.0 Å². The molecule has 1 saturated carbocycles. The van der Waals surface area contributed by atoms with Gasteiger partial charge in [-0.1, -0.05) is 26.2 Å². The minimum Gasteiger partial charge on any atom is -0.317 e. The van der Waals surface area contributed by atoms with Crippen LogP contribution < -0.4 is 10.0 Å². The molecule has 0 spiro atoms. The van der Waals surface area contributed by atoms with Crippen molar-refractivity contribution in [1.82, 2.24) is 10.0 Å². The van der Waals surface area contributed by atoms with E-state index in [4.69, 9.17) is 0 Å². The first kappa shape index (κ1) is 14.3. The fourth-order valence-electron chi connectivity index (χ4n) is 3.20. The maximum absolute atomic E-state index is 12.3. The summed E-state index contributed by atoms with van der Waals surface area (Å²) in [6.45, 7) is 3.86. The standard InChI is InChI=1S/C13H26N2O2S/c1-2-11-4-3-5-12(10-11)15-18(16,17)13-6-8-14-9-7-13/h11-15H,2-10H2,1H3. The quantitative estimate of drug-likeness (QED) is 0.819. The second-order valence-corrected chi connectivity index (χ2v) is 7.74. The second-order valence-electron chi connectivity index (χ2n) is 5.75. The third-order valence-corrected chi connectivity index (χ3v) is 6.43. The molecule has 0 radical (unpaired) electrons. The van der Waals surface area contributed by atoms with Gasteiger partial charge in [0.25, 0.3) is 0 Å². The zero-order valence-electron chi connectivity index (χ0n) is 11.3. The van der Waals surface area contributed by atoms with Crippen molar-refractivity contribution in [2.24, 2.45) is 5.92 Å². The highest BCUT2D eigenvalue weighted by Crippen LogP contribution is 2.27. The highest BCUT2D eigenvalue weighted by Gasteiger charge is 2.31. The number of hydrogen-bond acceptors (Lipinski definition) is 3. The van der Waals surface area contributed by atoms with Gasteiger partial charge in [0.05, 0.1) is 5.25 Å². The Morgan fingerprint density at radius 1 is 1.17 bits per heavy atom. The normalized spacial score (nSPS) is 31.4. The van der Waals surface area contributed by atoms with Gasteiger partial charge in [0.1, 0.15) is 0 Å². The van der Waals surface area contributed by atoms with Gasteiger partial charge in [-0.2, -0.15) is 0 Å². The van der Waals surface area contributed by atoms with Gasteiger partial charge in [0.2, 0.25) is 10.0 Å². The lowest BCUT2D eigenvalue weighted by atomic mass is 9.85. The van der Waals surface area contributed by atoms with Gasteiger partial charge in [-0.05, 0) is 44.7 Å². The molecular weight excluding hydrogens is 248 g/mol. The molecule has 2 fully saturated rings. The molecule has 2 aliphatic rings. The van der Waals surface area contributed by atoms with Crippen molar-refractivity contribution in [2.75, 3.05) is 13.1 Å². The van der Waals surface area contributed by atoms with E-state index < -0.39 is 10.0 Å². The van der Waals surface area contributed by atoms with Crippen LogP contribution >= 0.6 is 0 Å². The summed E-state index contributed by atoms with van der Waals surface area (Å²) < 4.78 is 27.6. The zero-order chi connectivity index (χ0) is 13.0. The lowest BCUT2D eigenvalue weighted by Crippen LogP contribution is -2.46. The van der Waals surface area contributed by atoms with Crippen molar-refractivity contribution < 1.29 is 8.42 Å². The summed E-state index contributed by atoms with van der Waals surface area (Å²) in [6, 6.07) is 0.184. The molecule has 1 aliphatic carbocycles. The minimum absolute atomic E-state index is 0.180. The summed E-state index contributed by atoms with van der Waals surface area (Å²) in [7, 11) is -3.10. The topological polar surface area (TPSA) is 58.2 Å². The highest BCUT2D eigenvalue weighted by atomic mass is 32.2. The molecule has 2 atom stereocenters. The Labute approximate surface area is 111 Å². The van der Waals surface area contributed by atoms with Crippen LogP contribution in [0.5, 0.6) is 0 Å². The minimum atomic E-state index is -3.10. The van der Waals surface area contributed by atoms with Gasteiger partial charge in [0, 0.05) is 6.04 Å². The number of sulfonamides is 1. The molecule has 0 bridgehead atoms. The van der Waals surface area contributed by atoms with E-state index in [1.807, 2.05) is 0 Å². The molecule has 5 heteroatoms. The third kappa shape index (κ3) is 3.68. The van der Waals surface area contributed by atoms with Crippen LogP contribution in [0.1, 0.15) is 51.9 Å². The smallest absolute Gasteiger partial charge is 0.214 e. The van der Waals surface area contributed by atoms with Crippen LogP contribution in [0.2, 0.25) is 0 Å². The number of nitrogens with one attached hydrogen (secondary N) is 2. The first-order valence-corrected chi connectivity index (χ1v) is 8.88. The van der Waals surface area contributed by atoms with Gasteiger partial charge < -0.3 is 5.32 Å². The Balaban J connectivity index is 1.90. The molecule has 0 aromatic heterocycles. The van der Waals surface area contributed by atoms with Crippen LogP contribution in [-0.2, 0) is 10.0 Å². The molecule has 0 aromatic carbocycles. The van der Waals surface area contributed by atoms with Crippen molar-refractivity contribution in [2.45, 2.75) is 63.2 Å². The molecule has 2 unspecified atom stereocenters. The molecule has 2 N–H and O–H groups in total. The lowest BCUT2D eigenvalue weighted by molar-refractivity contribution is 0.300. The van der Waals surface area contributed by atoms with Crippen molar-refractivity contribution >= 4 is 10.0 Å². The number of rotatable bonds is 4. The summed E-state index contributed by atoms with van der Waals surface area (Å²) in [4.78, 5) is 0. The molecule has 4 nitrogen and oxygen atoms in total. The van der Waals surface area contributed by atoms with Crippen LogP contribution in [0.3, 0.4) is 0 Å². The number of piperidine rings is 1. The van der Waals surface area contributed by atoms with E-state index in [-0.39, 0.29) is 11.3 Å². The van der Waals surface area contributed by atoms with Crippen molar-refractivity contribution in [3.63, 3.8) is 0 Å². The lowest BCUT2D eigenvalue weighted by Gasteiger charge is -2.31. The molecule has 0 amide bonds. The predicted octanol–water partition coefficient (Wildman–Crippen LogP) is 1.63. The van der Waals surface area contributed by atoms with Crippen LogP contribution in [-0.4, -0.2) is 32.8 Å².